The summed E-state index contributed by atoms with van der Waals surface area (Å²) in [5.41, 5.74) is 5.41. The highest BCUT2D eigenvalue weighted by molar-refractivity contribution is 4.82. The zero-order valence-electron chi connectivity index (χ0n) is 6.77. The average Bonchev–Trinajstić information content (AvgIpc) is 2.30. The maximum atomic E-state index is 12.0. The minimum atomic E-state index is -4.23. The van der Waals surface area contributed by atoms with Crippen LogP contribution in [0.1, 0.15) is 19.8 Å². The van der Waals surface area contributed by atoms with Gasteiger partial charge in [-0.05, 0) is 19.8 Å². The SMILES string of the molecule is CC(N)C1CCC(C(F)(F)F)O1. The molecule has 1 heterocycles. The van der Waals surface area contributed by atoms with Gasteiger partial charge in [0.2, 0.25) is 0 Å². The van der Waals surface area contributed by atoms with Gasteiger partial charge >= 0.3 is 6.18 Å². The van der Waals surface area contributed by atoms with Gasteiger partial charge < -0.3 is 10.5 Å². The minimum absolute atomic E-state index is 0.0374. The van der Waals surface area contributed by atoms with Crippen molar-refractivity contribution >= 4 is 0 Å². The number of hydrogen-bond donors (Lipinski definition) is 1. The summed E-state index contributed by atoms with van der Waals surface area (Å²) in [4.78, 5) is 0. The van der Waals surface area contributed by atoms with E-state index in [1.54, 1.807) is 6.92 Å². The van der Waals surface area contributed by atoms with E-state index >= 15 is 0 Å². The summed E-state index contributed by atoms with van der Waals surface area (Å²) in [6.45, 7) is 1.66. The van der Waals surface area contributed by atoms with Crippen LogP contribution < -0.4 is 5.73 Å². The minimum Gasteiger partial charge on any atom is -0.364 e. The molecular weight excluding hydrogens is 171 g/mol. The number of ether oxygens (including phenoxy) is 1. The Labute approximate surface area is 68.9 Å². The molecule has 0 bridgehead atoms. The molecule has 0 aromatic carbocycles. The van der Waals surface area contributed by atoms with Crippen LogP contribution in [0.4, 0.5) is 13.2 Å². The zero-order valence-corrected chi connectivity index (χ0v) is 6.77. The van der Waals surface area contributed by atoms with Gasteiger partial charge in [0.1, 0.15) is 0 Å². The van der Waals surface area contributed by atoms with Crippen LogP contribution in [0, 0.1) is 0 Å². The summed E-state index contributed by atoms with van der Waals surface area (Å²) in [5, 5.41) is 0. The van der Waals surface area contributed by atoms with Crippen molar-refractivity contribution in [3.63, 3.8) is 0 Å². The highest BCUT2D eigenvalue weighted by atomic mass is 19.4. The van der Waals surface area contributed by atoms with E-state index in [4.69, 9.17) is 10.5 Å². The summed E-state index contributed by atoms with van der Waals surface area (Å²) in [6.07, 6.45) is -5.83. The maximum absolute atomic E-state index is 12.0. The van der Waals surface area contributed by atoms with Crippen LogP contribution in [-0.4, -0.2) is 24.4 Å². The van der Waals surface area contributed by atoms with Crippen LogP contribution >= 0.6 is 0 Å². The molecule has 1 aliphatic rings. The van der Waals surface area contributed by atoms with Crippen LogP contribution in [0.2, 0.25) is 0 Å². The predicted octanol–water partition coefficient (Wildman–Crippen LogP) is 1.44. The molecule has 12 heavy (non-hydrogen) atoms. The third-order valence-corrected chi connectivity index (χ3v) is 2.00. The fourth-order valence-corrected chi connectivity index (χ4v) is 1.29. The molecule has 0 spiro atoms. The lowest BCUT2D eigenvalue weighted by molar-refractivity contribution is -0.215. The lowest BCUT2D eigenvalue weighted by Crippen LogP contribution is -2.35. The summed E-state index contributed by atoms with van der Waals surface area (Å²) < 4.78 is 40.8. The van der Waals surface area contributed by atoms with E-state index in [0.717, 1.165) is 0 Å². The standard InChI is InChI=1S/C7H12F3NO/c1-4(11)5-2-3-6(12-5)7(8,9)10/h4-6H,2-3,11H2,1H3. The Morgan fingerprint density at radius 2 is 2.00 bits per heavy atom. The van der Waals surface area contributed by atoms with Crippen molar-refractivity contribution in [3.05, 3.63) is 0 Å². The second-order valence-electron chi connectivity index (χ2n) is 3.14. The van der Waals surface area contributed by atoms with E-state index < -0.39 is 18.4 Å². The van der Waals surface area contributed by atoms with Crippen molar-refractivity contribution in [2.75, 3.05) is 0 Å². The topological polar surface area (TPSA) is 35.2 Å². The van der Waals surface area contributed by atoms with E-state index in [0.29, 0.717) is 6.42 Å². The molecule has 0 saturated carbocycles. The van der Waals surface area contributed by atoms with E-state index in [1.165, 1.54) is 0 Å². The third kappa shape index (κ3) is 2.10. The van der Waals surface area contributed by atoms with Gasteiger partial charge in [-0.2, -0.15) is 13.2 Å². The normalized spacial score (nSPS) is 33.8. The Kier molecular flexibility index (Phi) is 2.63. The number of halogens is 3. The molecule has 0 aliphatic carbocycles. The van der Waals surface area contributed by atoms with Crippen molar-refractivity contribution in [1.82, 2.24) is 0 Å². The van der Waals surface area contributed by atoms with Crippen LogP contribution in [0.3, 0.4) is 0 Å². The Morgan fingerprint density at radius 3 is 2.25 bits per heavy atom. The summed E-state index contributed by atoms with van der Waals surface area (Å²) >= 11 is 0. The Morgan fingerprint density at radius 1 is 1.42 bits per heavy atom. The van der Waals surface area contributed by atoms with Crippen LogP contribution in [0.5, 0.6) is 0 Å². The van der Waals surface area contributed by atoms with Gasteiger partial charge in [0.05, 0.1) is 6.10 Å². The molecule has 1 aliphatic heterocycles. The van der Waals surface area contributed by atoms with Crippen molar-refractivity contribution in [2.45, 2.75) is 44.2 Å². The molecule has 2 N–H and O–H groups in total. The number of nitrogens with two attached hydrogens (primary N) is 1. The molecule has 5 heteroatoms. The first-order valence-electron chi connectivity index (χ1n) is 3.89. The van der Waals surface area contributed by atoms with Crippen molar-refractivity contribution in [3.8, 4) is 0 Å². The number of hydrogen-bond acceptors (Lipinski definition) is 2. The molecule has 1 fully saturated rings. The average molecular weight is 183 g/mol. The quantitative estimate of drug-likeness (QED) is 0.667. The summed E-state index contributed by atoms with van der Waals surface area (Å²) in [7, 11) is 0. The monoisotopic (exact) mass is 183 g/mol. The molecule has 0 amide bonds. The molecule has 1 saturated heterocycles. The Bertz CT molecular complexity index is 157. The van der Waals surface area contributed by atoms with Gasteiger partial charge in [0, 0.05) is 6.04 Å². The van der Waals surface area contributed by atoms with E-state index in [1.807, 2.05) is 0 Å². The first-order valence-corrected chi connectivity index (χ1v) is 3.89. The van der Waals surface area contributed by atoms with Crippen LogP contribution in [-0.2, 0) is 4.74 Å². The van der Waals surface area contributed by atoms with Crippen LogP contribution in [0.15, 0.2) is 0 Å². The maximum Gasteiger partial charge on any atom is 0.414 e. The smallest absolute Gasteiger partial charge is 0.364 e. The summed E-state index contributed by atoms with van der Waals surface area (Å²) in [5.74, 6) is 0. The molecule has 1 rings (SSSR count). The second kappa shape index (κ2) is 3.22. The molecule has 72 valence electrons. The fourth-order valence-electron chi connectivity index (χ4n) is 1.29. The largest absolute Gasteiger partial charge is 0.414 e. The molecule has 3 atom stereocenters. The fraction of sp³-hybridized carbons (Fsp3) is 1.00. The number of rotatable bonds is 1. The highest BCUT2D eigenvalue weighted by Gasteiger charge is 2.45. The highest BCUT2D eigenvalue weighted by Crippen LogP contribution is 2.33. The lowest BCUT2D eigenvalue weighted by Gasteiger charge is -2.18. The molecule has 0 radical (unpaired) electrons. The molecule has 2 nitrogen and oxygen atoms in total. The molecule has 0 aromatic rings. The van der Waals surface area contributed by atoms with Gasteiger partial charge in [-0.25, -0.2) is 0 Å². The van der Waals surface area contributed by atoms with E-state index in [-0.39, 0.29) is 12.5 Å². The van der Waals surface area contributed by atoms with E-state index in [9.17, 15) is 13.2 Å². The summed E-state index contributed by atoms with van der Waals surface area (Å²) in [6, 6.07) is -0.322. The molecule has 0 aromatic heterocycles. The second-order valence-corrected chi connectivity index (χ2v) is 3.14. The van der Waals surface area contributed by atoms with Gasteiger partial charge in [0.15, 0.2) is 6.10 Å². The first-order chi connectivity index (χ1) is 5.41. The predicted molar refractivity (Wildman–Crippen MR) is 37.6 cm³/mol. The Hall–Kier alpha value is -0.290. The van der Waals surface area contributed by atoms with Gasteiger partial charge in [-0.1, -0.05) is 0 Å². The third-order valence-electron chi connectivity index (χ3n) is 2.00. The van der Waals surface area contributed by atoms with Gasteiger partial charge in [-0.15, -0.1) is 0 Å². The first kappa shape index (κ1) is 9.80. The van der Waals surface area contributed by atoms with Crippen molar-refractivity contribution < 1.29 is 17.9 Å². The van der Waals surface area contributed by atoms with Crippen molar-refractivity contribution in [1.29, 1.82) is 0 Å². The molecule has 3 unspecified atom stereocenters. The van der Waals surface area contributed by atoms with E-state index in [2.05, 4.69) is 0 Å². The van der Waals surface area contributed by atoms with Crippen molar-refractivity contribution in [2.24, 2.45) is 5.73 Å². The van der Waals surface area contributed by atoms with Gasteiger partial charge in [-0.3, -0.25) is 0 Å². The number of alkyl halides is 3. The van der Waals surface area contributed by atoms with Gasteiger partial charge in [0.25, 0.3) is 0 Å². The van der Waals surface area contributed by atoms with Crippen LogP contribution in [0.25, 0.3) is 0 Å². The molecular formula is C7H12F3NO. The zero-order chi connectivity index (χ0) is 9.35. The lowest BCUT2D eigenvalue weighted by atomic mass is 10.1. The Balaban J connectivity index is 2.46.